The molecule has 1 aliphatic heterocycles. The molecule has 2 aromatic carbocycles. The first-order valence-corrected chi connectivity index (χ1v) is 8.48. The standard InChI is InChI=1S/C20H18N2O4/c23-19(18-13-14-4-1-2-7-17(14)26-18)21-16-6-3-5-15(12-16)20(24)22-8-10-25-11-9-22/h1-7,12-13H,8-11H2,(H,21,23). The number of para-hydroxylation sites is 1. The molecule has 1 aliphatic rings. The van der Waals surface area contributed by atoms with Gasteiger partial charge in [0.05, 0.1) is 13.2 Å². The van der Waals surface area contributed by atoms with E-state index in [4.69, 9.17) is 9.15 Å². The van der Waals surface area contributed by atoms with Crippen molar-refractivity contribution in [3.05, 3.63) is 65.9 Å². The molecule has 0 atom stereocenters. The number of morpholine rings is 1. The van der Waals surface area contributed by atoms with Crippen LogP contribution >= 0.6 is 0 Å². The van der Waals surface area contributed by atoms with Gasteiger partial charge in [0.15, 0.2) is 5.76 Å². The Balaban J connectivity index is 1.51. The molecule has 2 heterocycles. The van der Waals surface area contributed by atoms with Crippen molar-refractivity contribution >= 4 is 28.5 Å². The summed E-state index contributed by atoms with van der Waals surface area (Å²) in [5.41, 5.74) is 1.75. The van der Waals surface area contributed by atoms with E-state index in [-0.39, 0.29) is 17.6 Å². The van der Waals surface area contributed by atoms with Crippen LogP contribution in [0.3, 0.4) is 0 Å². The summed E-state index contributed by atoms with van der Waals surface area (Å²) in [4.78, 5) is 26.8. The predicted molar refractivity (Wildman–Crippen MR) is 97.3 cm³/mol. The van der Waals surface area contributed by atoms with Gasteiger partial charge >= 0.3 is 0 Å². The first-order valence-electron chi connectivity index (χ1n) is 8.48. The summed E-state index contributed by atoms with van der Waals surface area (Å²) in [5.74, 6) is -0.179. The number of nitrogens with one attached hydrogen (secondary N) is 1. The molecule has 1 aromatic heterocycles. The largest absolute Gasteiger partial charge is 0.451 e. The van der Waals surface area contributed by atoms with Crippen LogP contribution in [-0.4, -0.2) is 43.0 Å². The summed E-state index contributed by atoms with van der Waals surface area (Å²) in [6.45, 7) is 2.26. The third kappa shape index (κ3) is 3.32. The van der Waals surface area contributed by atoms with Gasteiger partial charge in [0, 0.05) is 29.7 Å². The van der Waals surface area contributed by atoms with E-state index in [0.29, 0.717) is 43.1 Å². The van der Waals surface area contributed by atoms with Crippen molar-refractivity contribution < 1.29 is 18.7 Å². The fourth-order valence-corrected chi connectivity index (χ4v) is 2.97. The number of ether oxygens (including phenoxy) is 1. The van der Waals surface area contributed by atoms with E-state index in [1.807, 2.05) is 24.3 Å². The van der Waals surface area contributed by atoms with Gasteiger partial charge in [0.2, 0.25) is 0 Å². The number of hydrogen-bond acceptors (Lipinski definition) is 4. The van der Waals surface area contributed by atoms with Crippen LogP contribution in [0.1, 0.15) is 20.9 Å². The van der Waals surface area contributed by atoms with E-state index in [0.717, 1.165) is 5.39 Å². The highest BCUT2D eigenvalue weighted by Gasteiger charge is 2.19. The molecule has 0 spiro atoms. The molecule has 0 saturated carbocycles. The molecule has 1 fully saturated rings. The Morgan fingerprint density at radius 3 is 2.58 bits per heavy atom. The molecular formula is C20H18N2O4. The van der Waals surface area contributed by atoms with Crippen molar-refractivity contribution in [1.82, 2.24) is 4.90 Å². The highest BCUT2D eigenvalue weighted by Crippen LogP contribution is 2.20. The number of hydrogen-bond donors (Lipinski definition) is 1. The van der Waals surface area contributed by atoms with Crippen LogP contribution in [0.25, 0.3) is 11.0 Å². The lowest BCUT2D eigenvalue weighted by atomic mass is 10.1. The van der Waals surface area contributed by atoms with E-state index in [2.05, 4.69) is 5.32 Å². The zero-order valence-electron chi connectivity index (χ0n) is 14.1. The van der Waals surface area contributed by atoms with Crippen molar-refractivity contribution in [2.24, 2.45) is 0 Å². The van der Waals surface area contributed by atoms with E-state index in [9.17, 15) is 9.59 Å². The topological polar surface area (TPSA) is 71.8 Å². The molecular weight excluding hydrogens is 332 g/mol. The van der Waals surface area contributed by atoms with Gasteiger partial charge in [-0.25, -0.2) is 0 Å². The van der Waals surface area contributed by atoms with Gasteiger partial charge in [-0.2, -0.15) is 0 Å². The molecule has 0 unspecified atom stereocenters. The van der Waals surface area contributed by atoms with Crippen molar-refractivity contribution in [1.29, 1.82) is 0 Å². The van der Waals surface area contributed by atoms with Crippen LogP contribution in [0, 0.1) is 0 Å². The van der Waals surface area contributed by atoms with Crippen molar-refractivity contribution in [2.45, 2.75) is 0 Å². The summed E-state index contributed by atoms with van der Waals surface area (Å²) < 4.78 is 10.8. The average Bonchev–Trinajstić information content (AvgIpc) is 3.13. The first-order chi connectivity index (χ1) is 12.7. The Morgan fingerprint density at radius 1 is 0.962 bits per heavy atom. The lowest BCUT2D eigenvalue weighted by Gasteiger charge is -2.27. The zero-order chi connectivity index (χ0) is 17.9. The molecule has 132 valence electrons. The number of nitrogens with zero attached hydrogens (tertiary/aromatic N) is 1. The monoisotopic (exact) mass is 350 g/mol. The summed E-state index contributed by atoms with van der Waals surface area (Å²) in [5, 5.41) is 3.66. The van der Waals surface area contributed by atoms with E-state index in [1.165, 1.54) is 0 Å². The molecule has 6 heteroatoms. The fraction of sp³-hybridized carbons (Fsp3) is 0.200. The smallest absolute Gasteiger partial charge is 0.291 e. The third-order valence-corrected chi connectivity index (χ3v) is 4.32. The second kappa shape index (κ2) is 7.01. The Kier molecular flexibility index (Phi) is 4.41. The van der Waals surface area contributed by atoms with Gasteiger partial charge in [0.1, 0.15) is 5.58 Å². The number of furan rings is 1. The Hall–Kier alpha value is -3.12. The fourth-order valence-electron chi connectivity index (χ4n) is 2.97. The van der Waals surface area contributed by atoms with Crippen LogP contribution in [0.15, 0.2) is 59.0 Å². The highest BCUT2D eigenvalue weighted by molar-refractivity contribution is 6.05. The Bertz CT molecular complexity index is 924. The maximum Gasteiger partial charge on any atom is 0.291 e. The van der Waals surface area contributed by atoms with Crippen LogP contribution < -0.4 is 5.32 Å². The van der Waals surface area contributed by atoms with Crippen molar-refractivity contribution in [2.75, 3.05) is 31.6 Å². The van der Waals surface area contributed by atoms with Crippen LogP contribution in [-0.2, 0) is 4.74 Å². The van der Waals surface area contributed by atoms with E-state index in [1.54, 1.807) is 35.2 Å². The number of anilines is 1. The molecule has 6 nitrogen and oxygen atoms in total. The highest BCUT2D eigenvalue weighted by atomic mass is 16.5. The second-order valence-electron chi connectivity index (χ2n) is 6.09. The summed E-state index contributed by atoms with van der Waals surface area (Å²) in [6, 6.07) is 16.1. The van der Waals surface area contributed by atoms with Crippen LogP contribution in [0.2, 0.25) is 0 Å². The minimum atomic E-state index is -0.350. The van der Waals surface area contributed by atoms with Crippen LogP contribution in [0.5, 0.6) is 0 Å². The van der Waals surface area contributed by atoms with Crippen LogP contribution in [0.4, 0.5) is 5.69 Å². The van der Waals surface area contributed by atoms with Gasteiger partial charge in [-0.1, -0.05) is 24.3 Å². The zero-order valence-corrected chi connectivity index (χ0v) is 14.1. The van der Waals surface area contributed by atoms with E-state index >= 15 is 0 Å². The molecule has 26 heavy (non-hydrogen) atoms. The maximum absolute atomic E-state index is 12.6. The quantitative estimate of drug-likeness (QED) is 0.788. The van der Waals surface area contributed by atoms with Gasteiger partial charge in [-0.05, 0) is 30.3 Å². The summed E-state index contributed by atoms with van der Waals surface area (Å²) >= 11 is 0. The maximum atomic E-state index is 12.6. The lowest BCUT2D eigenvalue weighted by molar-refractivity contribution is 0.0303. The lowest BCUT2D eigenvalue weighted by Crippen LogP contribution is -2.40. The number of fused-ring (bicyclic) bond motifs is 1. The SMILES string of the molecule is O=C(Nc1cccc(C(=O)N2CCOCC2)c1)c1cc2ccccc2o1. The van der Waals surface area contributed by atoms with Gasteiger partial charge in [0.25, 0.3) is 11.8 Å². The number of carbonyl (C=O) groups excluding carboxylic acids is 2. The molecule has 1 saturated heterocycles. The number of benzene rings is 2. The minimum absolute atomic E-state index is 0.0619. The second-order valence-corrected chi connectivity index (χ2v) is 6.09. The van der Waals surface area contributed by atoms with Crippen molar-refractivity contribution in [3.8, 4) is 0 Å². The third-order valence-electron chi connectivity index (χ3n) is 4.32. The normalized spacial score (nSPS) is 14.4. The predicted octanol–water partition coefficient (Wildman–Crippen LogP) is 3.16. The molecule has 0 radical (unpaired) electrons. The van der Waals surface area contributed by atoms with Gasteiger partial charge in [-0.15, -0.1) is 0 Å². The molecule has 4 rings (SSSR count). The van der Waals surface area contributed by atoms with Crippen molar-refractivity contribution in [3.63, 3.8) is 0 Å². The summed E-state index contributed by atoms with van der Waals surface area (Å²) in [6.07, 6.45) is 0. The molecule has 1 N–H and O–H groups in total. The van der Waals surface area contributed by atoms with E-state index < -0.39 is 0 Å². The average molecular weight is 350 g/mol. The molecule has 0 aliphatic carbocycles. The molecule has 0 bridgehead atoms. The number of carbonyl (C=O) groups is 2. The number of amides is 2. The summed E-state index contributed by atoms with van der Waals surface area (Å²) in [7, 11) is 0. The minimum Gasteiger partial charge on any atom is -0.451 e. The molecule has 3 aromatic rings. The van der Waals surface area contributed by atoms with Gasteiger partial charge in [-0.3, -0.25) is 9.59 Å². The first kappa shape index (κ1) is 16.4. The number of rotatable bonds is 3. The van der Waals surface area contributed by atoms with Gasteiger partial charge < -0.3 is 19.4 Å². The Labute approximate surface area is 150 Å². The molecule has 2 amide bonds. The Morgan fingerprint density at radius 2 is 1.77 bits per heavy atom.